The summed E-state index contributed by atoms with van der Waals surface area (Å²) in [6.07, 6.45) is 1.63. The molecule has 0 fully saturated rings. The average Bonchev–Trinajstić information content (AvgIpc) is 2.16. The highest BCUT2D eigenvalue weighted by atomic mass is 16.5. The maximum absolute atomic E-state index is 9.00. The Labute approximate surface area is 77.4 Å². The monoisotopic (exact) mass is 178 g/mol. The summed E-state index contributed by atoms with van der Waals surface area (Å²) in [5.74, 6) is 0.459. The van der Waals surface area contributed by atoms with E-state index in [1.165, 1.54) is 7.11 Å². The van der Waals surface area contributed by atoms with Crippen LogP contribution in [0.2, 0.25) is 0 Å². The van der Waals surface area contributed by atoms with Gasteiger partial charge < -0.3 is 14.8 Å². The first-order chi connectivity index (χ1) is 6.19. The van der Waals surface area contributed by atoms with E-state index in [4.69, 9.17) is 14.8 Å². The summed E-state index contributed by atoms with van der Waals surface area (Å²) in [5, 5.41) is 18.0. The minimum Gasteiger partial charge on any atom is -0.497 e. The fraction of sp³-hybridized carbons (Fsp3) is 0.111. The van der Waals surface area contributed by atoms with Crippen molar-refractivity contribution >= 4 is 18.7 Å². The van der Waals surface area contributed by atoms with Crippen LogP contribution >= 0.6 is 0 Å². The van der Waals surface area contributed by atoms with E-state index in [-0.39, 0.29) is 0 Å². The fourth-order valence-electron chi connectivity index (χ4n) is 1.08. The highest BCUT2D eigenvalue weighted by Gasteiger charge is 2.16. The van der Waals surface area contributed by atoms with Gasteiger partial charge in [0.2, 0.25) is 0 Å². The van der Waals surface area contributed by atoms with Crippen LogP contribution in [0.4, 0.5) is 0 Å². The first kappa shape index (κ1) is 9.83. The van der Waals surface area contributed by atoms with Gasteiger partial charge in [0, 0.05) is 5.46 Å². The quantitative estimate of drug-likeness (QED) is 0.641. The Kier molecular flexibility index (Phi) is 3.11. The molecule has 0 radical (unpaired) electrons. The summed E-state index contributed by atoms with van der Waals surface area (Å²) in [6, 6.07) is 5.08. The summed E-state index contributed by atoms with van der Waals surface area (Å²) in [6.45, 7) is 3.58. The molecule has 0 aliphatic heterocycles. The van der Waals surface area contributed by atoms with E-state index in [0.717, 1.165) is 5.56 Å². The minimum atomic E-state index is -1.52. The molecule has 0 aliphatic carbocycles. The molecular weight excluding hydrogens is 167 g/mol. The van der Waals surface area contributed by atoms with Gasteiger partial charge in [-0.05, 0) is 11.6 Å². The second kappa shape index (κ2) is 4.12. The summed E-state index contributed by atoms with van der Waals surface area (Å²) in [4.78, 5) is 0. The van der Waals surface area contributed by atoms with Gasteiger partial charge in [-0.3, -0.25) is 0 Å². The van der Waals surface area contributed by atoms with E-state index in [9.17, 15) is 0 Å². The Bertz CT molecular complexity index is 310. The zero-order valence-electron chi connectivity index (χ0n) is 7.40. The third-order valence-corrected chi connectivity index (χ3v) is 1.77. The lowest BCUT2D eigenvalue weighted by atomic mass is 9.79. The normalized spacial score (nSPS) is 9.46. The second-order valence-electron chi connectivity index (χ2n) is 2.58. The number of rotatable bonds is 3. The number of ether oxygens (including phenoxy) is 1. The van der Waals surface area contributed by atoms with Gasteiger partial charge in [0.1, 0.15) is 5.75 Å². The van der Waals surface area contributed by atoms with Crippen LogP contribution in [0.15, 0.2) is 24.8 Å². The standard InChI is InChI=1S/C9H11BO3/c1-3-7-4-5-9(13-2)8(6-7)10(11)12/h3-6,11-12H,1H2,2H3. The molecule has 1 aromatic carbocycles. The Balaban J connectivity index is 3.17. The van der Waals surface area contributed by atoms with Gasteiger partial charge in [0.15, 0.2) is 0 Å². The van der Waals surface area contributed by atoms with Gasteiger partial charge >= 0.3 is 7.12 Å². The number of methoxy groups -OCH3 is 1. The highest BCUT2D eigenvalue weighted by molar-refractivity contribution is 6.59. The van der Waals surface area contributed by atoms with E-state index in [0.29, 0.717) is 11.2 Å². The molecule has 0 aromatic heterocycles. The van der Waals surface area contributed by atoms with Crippen LogP contribution in [0.1, 0.15) is 5.56 Å². The lowest BCUT2D eigenvalue weighted by Gasteiger charge is -2.07. The van der Waals surface area contributed by atoms with E-state index in [2.05, 4.69) is 6.58 Å². The first-order valence-electron chi connectivity index (χ1n) is 3.85. The minimum absolute atomic E-state index is 0.347. The molecule has 0 heterocycles. The van der Waals surface area contributed by atoms with Crippen molar-refractivity contribution in [1.82, 2.24) is 0 Å². The lowest BCUT2D eigenvalue weighted by Crippen LogP contribution is -2.31. The highest BCUT2D eigenvalue weighted by Crippen LogP contribution is 2.10. The summed E-state index contributed by atoms with van der Waals surface area (Å²) in [7, 11) is -0.0377. The van der Waals surface area contributed by atoms with Crippen LogP contribution in [-0.2, 0) is 0 Å². The molecule has 1 rings (SSSR count). The van der Waals surface area contributed by atoms with Gasteiger partial charge in [-0.15, -0.1) is 0 Å². The van der Waals surface area contributed by atoms with E-state index < -0.39 is 7.12 Å². The molecule has 2 N–H and O–H groups in total. The molecule has 0 aliphatic rings. The molecule has 1 aromatic rings. The molecule has 0 atom stereocenters. The van der Waals surface area contributed by atoms with Crippen molar-refractivity contribution in [3.63, 3.8) is 0 Å². The predicted molar refractivity (Wildman–Crippen MR) is 52.9 cm³/mol. The van der Waals surface area contributed by atoms with Crippen LogP contribution in [0.5, 0.6) is 5.75 Å². The third kappa shape index (κ3) is 2.11. The molecule has 0 saturated carbocycles. The van der Waals surface area contributed by atoms with Crippen LogP contribution in [0, 0.1) is 0 Å². The lowest BCUT2D eigenvalue weighted by molar-refractivity contribution is 0.403. The zero-order chi connectivity index (χ0) is 9.84. The van der Waals surface area contributed by atoms with Crippen molar-refractivity contribution in [1.29, 1.82) is 0 Å². The van der Waals surface area contributed by atoms with Gasteiger partial charge in [-0.25, -0.2) is 0 Å². The Hall–Kier alpha value is -1.26. The Morgan fingerprint density at radius 2 is 2.15 bits per heavy atom. The van der Waals surface area contributed by atoms with Crippen molar-refractivity contribution < 1.29 is 14.8 Å². The van der Waals surface area contributed by atoms with Gasteiger partial charge in [-0.2, -0.15) is 0 Å². The van der Waals surface area contributed by atoms with Crippen molar-refractivity contribution in [2.75, 3.05) is 7.11 Å². The van der Waals surface area contributed by atoms with E-state index in [1.807, 2.05) is 0 Å². The second-order valence-corrected chi connectivity index (χ2v) is 2.58. The van der Waals surface area contributed by atoms with Crippen molar-refractivity contribution in [2.45, 2.75) is 0 Å². The maximum atomic E-state index is 9.00. The van der Waals surface area contributed by atoms with E-state index >= 15 is 0 Å². The smallest absolute Gasteiger partial charge is 0.492 e. The maximum Gasteiger partial charge on any atom is 0.492 e. The van der Waals surface area contributed by atoms with Crippen LogP contribution < -0.4 is 10.2 Å². The third-order valence-electron chi connectivity index (χ3n) is 1.77. The van der Waals surface area contributed by atoms with Crippen molar-refractivity contribution in [2.24, 2.45) is 0 Å². The summed E-state index contributed by atoms with van der Waals surface area (Å²) < 4.78 is 4.95. The molecule has 68 valence electrons. The fourth-order valence-corrected chi connectivity index (χ4v) is 1.08. The molecule has 4 heteroatoms. The summed E-state index contributed by atoms with van der Waals surface area (Å²) >= 11 is 0. The molecular formula is C9H11BO3. The summed E-state index contributed by atoms with van der Waals surface area (Å²) in [5.41, 5.74) is 1.17. The molecule has 0 spiro atoms. The molecule has 0 amide bonds. The Morgan fingerprint density at radius 3 is 2.62 bits per heavy atom. The topological polar surface area (TPSA) is 49.7 Å². The van der Waals surface area contributed by atoms with Crippen LogP contribution in [-0.4, -0.2) is 24.3 Å². The van der Waals surface area contributed by atoms with Crippen molar-refractivity contribution in [3.8, 4) is 5.75 Å². The Morgan fingerprint density at radius 1 is 1.46 bits per heavy atom. The van der Waals surface area contributed by atoms with Gasteiger partial charge in [-0.1, -0.05) is 24.8 Å². The van der Waals surface area contributed by atoms with Gasteiger partial charge in [0.25, 0.3) is 0 Å². The largest absolute Gasteiger partial charge is 0.497 e. The predicted octanol–water partition coefficient (Wildman–Crippen LogP) is 0.0180. The molecule has 0 unspecified atom stereocenters. The molecule has 3 nitrogen and oxygen atoms in total. The van der Waals surface area contributed by atoms with Crippen molar-refractivity contribution in [3.05, 3.63) is 30.3 Å². The average molecular weight is 178 g/mol. The van der Waals surface area contributed by atoms with E-state index in [1.54, 1.807) is 24.3 Å². The molecule has 0 bridgehead atoms. The number of hydrogen-bond donors (Lipinski definition) is 2. The SMILES string of the molecule is C=Cc1ccc(OC)c(B(O)O)c1. The first-order valence-corrected chi connectivity index (χ1v) is 3.85. The molecule has 0 saturated heterocycles. The zero-order valence-corrected chi connectivity index (χ0v) is 7.40. The number of hydrogen-bond acceptors (Lipinski definition) is 3. The van der Waals surface area contributed by atoms with Crippen LogP contribution in [0.25, 0.3) is 6.08 Å². The van der Waals surface area contributed by atoms with Crippen LogP contribution in [0.3, 0.4) is 0 Å². The number of benzene rings is 1. The van der Waals surface area contributed by atoms with Gasteiger partial charge in [0.05, 0.1) is 7.11 Å². The molecule has 13 heavy (non-hydrogen) atoms.